The van der Waals surface area contributed by atoms with Gasteiger partial charge in [-0.05, 0) is 82.1 Å². The summed E-state index contributed by atoms with van der Waals surface area (Å²) >= 11 is 0. The summed E-state index contributed by atoms with van der Waals surface area (Å²) in [5.41, 5.74) is 11.2. The molecule has 0 amide bonds. The molecule has 0 atom stereocenters. The van der Waals surface area contributed by atoms with Gasteiger partial charge in [0, 0.05) is 44.5 Å². The molecular formula is C46H29NO2. The van der Waals surface area contributed by atoms with Crippen molar-refractivity contribution in [3.05, 3.63) is 176 Å². The molecule has 10 aromatic rings. The first-order valence-corrected chi connectivity index (χ1v) is 16.6. The fourth-order valence-corrected chi connectivity index (χ4v) is 7.35. The van der Waals surface area contributed by atoms with Crippen molar-refractivity contribution < 1.29 is 8.83 Å². The number of rotatable bonds is 5. The minimum absolute atomic E-state index is 0.858. The van der Waals surface area contributed by atoms with Gasteiger partial charge in [0.1, 0.15) is 22.3 Å². The average molecular weight is 628 g/mol. The lowest BCUT2D eigenvalue weighted by Crippen LogP contribution is -2.11. The van der Waals surface area contributed by atoms with Crippen LogP contribution in [-0.2, 0) is 0 Å². The van der Waals surface area contributed by atoms with Gasteiger partial charge in [0.25, 0.3) is 0 Å². The second-order valence-electron chi connectivity index (χ2n) is 12.5. The lowest BCUT2D eigenvalue weighted by Gasteiger charge is -2.28. The van der Waals surface area contributed by atoms with Crippen molar-refractivity contribution in [1.29, 1.82) is 0 Å². The zero-order chi connectivity index (χ0) is 32.3. The molecule has 0 fully saturated rings. The lowest BCUT2D eigenvalue weighted by atomic mass is 9.96. The first-order valence-electron chi connectivity index (χ1n) is 16.6. The number of hydrogen-bond donors (Lipinski definition) is 0. The smallest absolute Gasteiger partial charge is 0.137 e. The Labute approximate surface area is 282 Å². The van der Waals surface area contributed by atoms with Crippen LogP contribution in [0.25, 0.3) is 76.9 Å². The molecule has 2 heterocycles. The molecule has 10 rings (SSSR count). The van der Waals surface area contributed by atoms with Crippen LogP contribution in [0, 0.1) is 0 Å². The third kappa shape index (κ3) is 4.51. The molecule has 0 aliphatic rings. The van der Waals surface area contributed by atoms with E-state index in [4.69, 9.17) is 8.83 Å². The van der Waals surface area contributed by atoms with Crippen molar-refractivity contribution in [2.75, 3.05) is 4.90 Å². The summed E-state index contributed by atoms with van der Waals surface area (Å²) in [6.07, 6.45) is 0. The molecule has 0 saturated heterocycles. The highest BCUT2D eigenvalue weighted by molar-refractivity contribution is 6.16. The summed E-state index contributed by atoms with van der Waals surface area (Å²) in [4.78, 5) is 2.34. The van der Waals surface area contributed by atoms with Gasteiger partial charge in [0.05, 0.1) is 5.69 Å². The third-order valence-electron chi connectivity index (χ3n) is 9.65. The Morgan fingerprint density at radius 3 is 1.84 bits per heavy atom. The number of furan rings is 2. The summed E-state index contributed by atoms with van der Waals surface area (Å²) in [5.74, 6) is 0. The highest BCUT2D eigenvalue weighted by Gasteiger charge is 2.21. The van der Waals surface area contributed by atoms with E-state index in [1.807, 2.05) is 12.1 Å². The summed E-state index contributed by atoms with van der Waals surface area (Å²) in [6, 6.07) is 62.0. The topological polar surface area (TPSA) is 29.5 Å². The molecule has 8 aromatic carbocycles. The van der Waals surface area contributed by atoms with E-state index >= 15 is 0 Å². The maximum atomic E-state index is 6.50. The maximum Gasteiger partial charge on any atom is 0.137 e. The molecule has 3 heteroatoms. The van der Waals surface area contributed by atoms with E-state index in [9.17, 15) is 0 Å². The van der Waals surface area contributed by atoms with Crippen LogP contribution in [0.3, 0.4) is 0 Å². The van der Waals surface area contributed by atoms with Crippen LogP contribution in [0.4, 0.5) is 17.1 Å². The molecule has 0 aliphatic heterocycles. The Hall–Kier alpha value is -6.58. The molecule has 0 aliphatic carbocycles. The lowest BCUT2D eigenvalue weighted by molar-refractivity contribution is 0.669. The van der Waals surface area contributed by atoms with E-state index < -0.39 is 0 Å². The highest BCUT2D eigenvalue weighted by Crippen LogP contribution is 2.46. The minimum atomic E-state index is 0.858. The van der Waals surface area contributed by atoms with E-state index in [1.54, 1.807) is 0 Å². The van der Waals surface area contributed by atoms with Crippen molar-refractivity contribution >= 4 is 71.7 Å². The van der Waals surface area contributed by atoms with Crippen LogP contribution in [0.15, 0.2) is 185 Å². The molecule has 0 saturated carbocycles. The summed E-state index contributed by atoms with van der Waals surface area (Å²) in [5, 5.41) is 6.81. The normalized spacial score (nSPS) is 11.7. The number of hydrogen-bond acceptors (Lipinski definition) is 3. The third-order valence-corrected chi connectivity index (χ3v) is 9.65. The second-order valence-corrected chi connectivity index (χ2v) is 12.5. The van der Waals surface area contributed by atoms with E-state index in [2.05, 4.69) is 169 Å². The van der Waals surface area contributed by atoms with Crippen LogP contribution >= 0.6 is 0 Å². The highest BCUT2D eigenvalue weighted by atomic mass is 16.3. The standard InChI is InChI=1S/C46H29NO2/c1-2-11-30(12-3-1)31-21-23-34(24-22-31)47(35-25-26-38-37-16-7-9-19-42(37)48-45(38)29-35)41-18-8-6-15-36(41)39-17-10-20-43-46(39)40-27-32-13-4-5-14-33(32)28-44(40)49-43/h1-29H. The maximum absolute atomic E-state index is 6.50. The Bertz CT molecular complexity index is 2830. The van der Waals surface area contributed by atoms with Crippen molar-refractivity contribution in [2.45, 2.75) is 0 Å². The summed E-state index contributed by atoms with van der Waals surface area (Å²) in [6.45, 7) is 0. The van der Waals surface area contributed by atoms with Gasteiger partial charge in [-0.2, -0.15) is 0 Å². The van der Waals surface area contributed by atoms with Gasteiger partial charge < -0.3 is 13.7 Å². The molecule has 3 nitrogen and oxygen atoms in total. The van der Waals surface area contributed by atoms with Crippen LogP contribution in [0.2, 0.25) is 0 Å². The second kappa shape index (κ2) is 11.0. The van der Waals surface area contributed by atoms with Crippen molar-refractivity contribution in [3.8, 4) is 22.3 Å². The molecule has 0 unspecified atom stereocenters. The molecule has 230 valence electrons. The van der Waals surface area contributed by atoms with Gasteiger partial charge in [-0.15, -0.1) is 0 Å². The van der Waals surface area contributed by atoms with Gasteiger partial charge in [0.15, 0.2) is 0 Å². The zero-order valence-corrected chi connectivity index (χ0v) is 26.5. The first-order chi connectivity index (χ1) is 24.3. The molecule has 0 bridgehead atoms. The SMILES string of the molecule is c1ccc(-c2ccc(N(c3ccc4c(c3)oc3ccccc34)c3ccccc3-c3cccc4oc5cc6ccccc6cc5c34)cc2)cc1. The first kappa shape index (κ1) is 27.5. The number of fused-ring (bicyclic) bond motifs is 7. The molecule has 49 heavy (non-hydrogen) atoms. The minimum Gasteiger partial charge on any atom is -0.456 e. The van der Waals surface area contributed by atoms with E-state index in [-0.39, 0.29) is 0 Å². The monoisotopic (exact) mass is 627 g/mol. The number of nitrogens with zero attached hydrogens (tertiary/aromatic N) is 1. The molecule has 0 N–H and O–H groups in total. The Balaban J connectivity index is 1.20. The molecule has 0 spiro atoms. The number of benzene rings is 8. The van der Waals surface area contributed by atoms with Crippen molar-refractivity contribution in [1.82, 2.24) is 0 Å². The van der Waals surface area contributed by atoms with Crippen molar-refractivity contribution in [2.24, 2.45) is 0 Å². The van der Waals surface area contributed by atoms with Gasteiger partial charge in [-0.25, -0.2) is 0 Å². The molecule has 2 aromatic heterocycles. The fourth-order valence-electron chi connectivity index (χ4n) is 7.35. The van der Waals surface area contributed by atoms with E-state index in [1.165, 1.54) is 21.9 Å². The summed E-state index contributed by atoms with van der Waals surface area (Å²) in [7, 11) is 0. The predicted molar refractivity (Wildman–Crippen MR) is 204 cm³/mol. The van der Waals surface area contributed by atoms with E-state index in [0.717, 1.165) is 72.1 Å². The van der Waals surface area contributed by atoms with Crippen LogP contribution in [-0.4, -0.2) is 0 Å². The van der Waals surface area contributed by atoms with Gasteiger partial charge in [0.2, 0.25) is 0 Å². The quantitative estimate of drug-likeness (QED) is 0.190. The van der Waals surface area contributed by atoms with Gasteiger partial charge in [-0.1, -0.05) is 115 Å². The van der Waals surface area contributed by atoms with Crippen LogP contribution in [0.5, 0.6) is 0 Å². The summed E-state index contributed by atoms with van der Waals surface area (Å²) < 4.78 is 12.9. The van der Waals surface area contributed by atoms with Gasteiger partial charge >= 0.3 is 0 Å². The predicted octanol–water partition coefficient (Wildman–Crippen LogP) is 13.4. The Morgan fingerprint density at radius 1 is 0.347 bits per heavy atom. The number of para-hydroxylation sites is 2. The Kier molecular flexibility index (Phi) is 6.18. The van der Waals surface area contributed by atoms with E-state index in [0.29, 0.717) is 0 Å². The zero-order valence-electron chi connectivity index (χ0n) is 26.5. The van der Waals surface area contributed by atoms with Crippen LogP contribution < -0.4 is 4.90 Å². The number of anilines is 3. The average Bonchev–Trinajstić information content (AvgIpc) is 3.72. The Morgan fingerprint density at radius 2 is 0.959 bits per heavy atom. The van der Waals surface area contributed by atoms with Crippen LogP contribution in [0.1, 0.15) is 0 Å². The van der Waals surface area contributed by atoms with Crippen molar-refractivity contribution in [3.63, 3.8) is 0 Å². The fraction of sp³-hybridized carbons (Fsp3) is 0. The largest absolute Gasteiger partial charge is 0.456 e. The molecule has 0 radical (unpaired) electrons. The molecular weight excluding hydrogens is 599 g/mol. The van der Waals surface area contributed by atoms with Gasteiger partial charge in [-0.3, -0.25) is 0 Å².